The molecular formula is C21H42N2O10. The molecule has 0 atom stereocenters. The monoisotopic (exact) mass is 482 g/mol. The SMILES string of the molecule is NCCOCCOCCOCCOCCOCCOCCOCCCNC(=O)CCC(=O)O. The normalized spacial score (nSPS) is 11.1. The maximum Gasteiger partial charge on any atom is 0.303 e. The highest BCUT2D eigenvalue weighted by Gasteiger charge is 2.04. The van der Waals surface area contributed by atoms with Gasteiger partial charge in [0.25, 0.3) is 0 Å². The van der Waals surface area contributed by atoms with Crippen LogP contribution in [0.3, 0.4) is 0 Å². The summed E-state index contributed by atoms with van der Waals surface area (Å²) >= 11 is 0. The summed E-state index contributed by atoms with van der Waals surface area (Å²) in [6.45, 7) is 8.02. The molecule has 12 nitrogen and oxygen atoms in total. The van der Waals surface area contributed by atoms with E-state index >= 15 is 0 Å². The first-order valence-corrected chi connectivity index (χ1v) is 11.4. The third-order valence-corrected chi connectivity index (χ3v) is 3.85. The zero-order valence-electron chi connectivity index (χ0n) is 19.6. The molecule has 0 bridgehead atoms. The molecule has 0 aliphatic heterocycles. The van der Waals surface area contributed by atoms with Crippen LogP contribution >= 0.6 is 0 Å². The van der Waals surface area contributed by atoms with E-state index in [0.29, 0.717) is 112 Å². The first kappa shape index (κ1) is 31.6. The van der Waals surface area contributed by atoms with E-state index < -0.39 is 5.97 Å². The molecule has 12 heteroatoms. The lowest BCUT2D eigenvalue weighted by molar-refractivity contribution is -0.138. The molecule has 0 saturated heterocycles. The number of rotatable bonds is 27. The Labute approximate surface area is 196 Å². The maximum absolute atomic E-state index is 11.3. The van der Waals surface area contributed by atoms with Crippen molar-refractivity contribution in [1.82, 2.24) is 5.32 Å². The second kappa shape index (κ2) is 26.9. The molecule has 0 aliphatic rings. The van der Waals surface area contributed by atoms with E-state index in [0.717, 1.165) is 0 Å². The van der Waals surface area contributed by atoms with Crippen molar-refractivity contribution in [2.45, 2.75) is 19.3 Å². The van der Waals surface area contributed by atoms with Crippen LogP contribution in [-0.4, -0.2) is 123 Å². The summed E-state index contributed by atoms with van der Waals surface area (Å²) < 4.78 is 37.5. The summed E-state index contributed by atoms with van der Waals surface area (Å²) in [5, 5.41) is 11.1. The Morgan fingerprint density at radius 2 is 0.939 bits per heavy atom. The van der Waals surface area contributed by atoms with Gasteiger partial charge in [-0.15, -0.1) is 0 Å². The number of aliphatic carboxylic acids is 1. The molecule has 0 unspecified atom stereocenters. The van der Waals surface area contributed by atoms with Gasteiger partial charge in [-0.05, 0) is 6.42 Å². The lowest BCUT2D eigenvalue weighted by Crippen LogP contribution is -2.25. The van der Waals surface area contributed by atoms with Crippen molar-refractivity contribution in [3.05, 3.63) is 0 Å². The van der Waals surface area contributed by atoms with Gasteiger partial charge in [0.05, 0.1) is 92.3 Å². The van der Waals surface area contributed by atoms with E-state index in [2.05, 4.69) is 5.32 Å². The molecular weight excluding hydrogens is 440 g/mol. The van der Waals surface area contributed by atoms with Crippen LogP contribution in [0.4, 0.5) is 0 Å². The molecule has 0 heterocycles. The summed E-state index contributed by atoms with van der Waals surface area (Å²) in [5.74, 6) is -1.24. The smallest absolute Gasteiger partial charge is 0.303 e. The number of amides is 1. The minimum Gasteiger partial charge on any atom is -0.481 e. The minimum atomic E-state index is -0.979. The van der Waals surface area contributed by atoms with Crippen molar-refractivity contribution in [1.29, 1.82) is 0 Å². The third-order valence-electron chi connectivity index (χ3n) is 3.85. The van der Waals surface area contributed by atoms with Crippen LogP contribution in [-0.2, 0) is 42.7 Å². The fraction of sp³-hybridized carbons (Fsp3) is 0.905. The minimum absolute atomic E-state index is 0.00393. The van der Waals surface area contributed by atoms with Crippen LogP contribution < -0.4 is 11.1 Å². The highest BCUT2D eigenvalue weighted by molar-refractivity contribution is 5.80. The zero-order valence-corrected chi connectivity index (χ0v) is 19.6. The Morgan fingerprint density at radius 1 is 0.576 bits per heavy atom. The summed E-state index contributed by atoms with van der Waals surface area (Å²) in [6.07, 6.45) is 0.497. The zero-order chi connectivity index (χ0) is 24.2. The summed E-state index contributed by atoms with van der Waals surface area (Å²) in [4.78, 5) is 21.7. The van der Waals surface area contributed by atoms with E-state index in [1.165, 1.54) is 0 Å². The molecule has 0 radical (unpaired) electrons. The number of nitrogens with one attached hydrogen (secondary N) is 1. The third kappa shape index (κ3) is 28.6. The average Bonchev–Trinajstić information content (AvgIpc) is 2.80. The van der Waals surface area contributed by atoms with Gasteiger partial charge in [0.2, 0.25) is 5.91 Å². The average molecular weight is 483 g/mol. The summed E-state index contributed by atoms with van der Waals surface area (Å²) in [6, 6.07) is 0. The van der Waals surface area contributed by atoms with Gasteiger partial charge in [-0.25, -0.2) is 0 Å². The van der Waals surface area contributed by atoms with Gasteiger partial charge < -0.3 is 49.3 Å². The number of hydrogen-bond donors (Lipinski definition) is 3. The van der Waals surface area contributed by atoms with E-state index in [9.17, 15) is 9.59 Å². The van der Waals surface area contributed by atoms with Gasteiger partial charge in [0.15, 0.2) is 0 Å². The van der Waals surface area contributed by atoms with Gasteiger partial charge in [-0.1, -0.05) is 0 Å². The van der Waals surface area contributed by atoms with Crippen LogP contribution in [0.5, 0.6) is 0 Å². The lowest BCUT2D eigenvalue weighted by atomic mass is 10.3. The van der Waals surface area contributed by atoms with Gasteiger partial charge in [0, 0.05) is 26.1 Å². The Balaban J connectivity index is 3.08. The predicted molar refractivity (Wildman–Crippen MR) is 119 cm³/mol. The largest absolute Gasteiger partial charge is 0.481 e. The van der Waals surface area contributed by atoms with E-state index in [-0.39, 0.29) is 18.7 Å². The van der Waals surface area contributed by atoms with Crippen molar-refractivity contribution in [3.8, 4) is 0 Å². The van der Waals surface area contributed by atoms with E-state index in [1.54, 1.807) is 0 Å². The number of nitrogens with two attached hydrogens (primary N) is 1. The topological polar surface area (TPSA) is 157 Å². The number of carbonyl (C=O) groups excluding carboxylic acids is 1. The molecule has 33 heavy (non-hydrogen) atoms. The van der Waals surface area contributed by atoms with Gasteiger partial charge in [-0.3, -0.25) is 9.59 Å². The molecule has 0 rings (SSSR count). The van der Waals surface area contributed by atoms with Crippen molar-refractivity contribution in [2.75, 3.05) is 106 Å². The van der Waals surface area contributed by atoms with Crippen molar-refractivity contribution >= 4 is 11.9 Å². The Hall–Kier alpha value is -1.38. The molecule has 196 valence electrons. The van der Waals surface area contributed by atoms with Crippen LogP contribution in [0, 0.1) is 0 Å². The van der Waals surface area contributed by atoms with E-state index in [1.807, 2.05) is 0 Å². The fourth-order valence-corrected chi connectivity index (χ4v) is 2.22. The summed E-state index contributed by atoms with van der Waals surface area (Å²) in [7, 11) is 0. The highest BCUT2D eigenvalue weighted by atomic mass is 16.6. The second-order valence-electron chi connectivity index (χ2n) is 6.67. The number of ether oxygens (including phenoxy) is 7. The van der Waals surface area contributed by atoms with Gasteiger partial charge >= 0.3 is 5.97 Å². The van der Waals surface area contributed by atoms with Crippen LogP contribution in [0.1, 0.15) is 19.3 Å². The van der Waals surface area contributed by atoms with E-state index in [4.69, 9.17) is 44.0 Å². The van der Waals surface area contributed by atoms with Crippen LogP contribution in [0.2, 0.25) is 0 Å². The molecule has 0 aromatic rings. The molecule has 1 amide bonds. The van der Waals surface area contributed by atoms with Crippen molar-refractivity contribution in [2.24, 2.45) is 5.73 Å². The second-order valence-corrected chi connectivity index (χ2v) is 6.67. The molecule has 0 aromatic carbocycles. The number of carboxylic acid groups (broad SMARTS) is 1. The molecule has 4 N–H and O–H groups in total. The lowest BCUT2D eigenvalue weighted by Gasteiger charge is -2.08. The van der Waals surface area contributed by atoms with Crippen LogP contribution in [0.25, 0.3) is 0 Å². The predicted octanol–water partition coefficient (Wildman–Crippen LogP) is -0.568. The number of carboxylic acids is 1. The first-order chi connectivity index (χ1) is 16.2. The van der Waals surface area contributed by atoms with Gasteiger partial charge in [-0.2, -0.15) is 0 Å². The summed E-state index contributed by atoms with van der Waals surface area (Å²) in [5.41, 5.74) is 5.30. The molecule has 0 fully saturated rings. The quantitative estimate of drug-likeness (QED) is 0.129. The number of carbonyl (C=O) groups is 2. The van der Waals surface area contributed by atoms with Gasteiger partial charge in [0.1, 0.15) is 0 Å². The maximum atomic E-state index is 11.3. The molecule has 0 aromatic heterocycles. The van der Waals surface area contributed by atoms with Crippen molar-refractivity contribution in [3.63, 3.8) is 0 Å². The Bertz CT molecular complexity index is 443. The van der Waals surface area contributed by atoms with Crippen LogP contribution in [0.15, 0.2) is 0 Å². The standard InChI is InChI=1S/C21H42N2O10/c22-4-7-28-9-11-30-13-15-32-17-19-33-18-16-31-14-12-29-10-8-27-6-1-5-23-20(24)2-3-21(25)26/h1-19,22H2,(H,23,24)(H,25,26). The van der Waals surface area contributed by atoms with Crippen molar-refractivity contribution < 1.29 is 47.9 Å². The highest BCUT2D eigenvalue weighted by Crippen LogP contribution is 1.90. The Kier molecular flexibility index (Phi) is 25.7. The molecule has 0 saturated carbocycles. The molecule has 0 spiro atoms. The number of hydrogen-bond acceptors (Lipinski definition) is 10. The fourth-order valence-electron chi connectivity index (χ4n) is 2.22. The first-order valence-electron chi connectivity index (χ1n) is 11.4. The Morgan fingerprint density at radius 3 is 1.30 bits per heavy atom. The molecule has 0 aliphatic carbocycles.